The average molecular weight is 241 g/mol. The molecule has 2 aromatic rings. The van der Waals surface area contributed by atoms with Crippen LogP contribution in [0, 0.1) is 0 Å². The maximum Gasteiger partial charge on any atom is 0.133 e. The summed E-state index contributed by atoms with van der Waals surface area (Å²) >= 11 is 0. The van der Waals surface area contributed by atoms with E-state index in [0.29, 0.717) is 0 Å². The minimum atomic E-state index is 0.926. The van der Waals surface area contributed by atoms with Gasteiger partial charge in [-0.15, -0.1) is 0 Å². The van der Waals surface area contributed by atoms with Gasteiger partial charge in [-0.05, 0) is 43.3 Å². The quantitative estimate of drug-likeness (QED) is 0.809. The molecule has 0 aliphatic carbocycles. The number of hydrogen-bond donors (Lipinski definition) is 0. The molecule has 3 heteroatoms. The Labute approximate surface area is 108 Å². The highest BCUT2D eigenvalue weighted by Gasteiger charge is 1.95. The predicted molar refractivity (Wildman–Crippen MR) is 76.1 cm³/mol. The number of hydrogen-bond acceptors (Lipinski definition) is 2. The number of anilines is 1. The van der Waals surface area contributed by atoms with Gasteiger partial charge in [0.2, 0.25) is 0 Å². The lowest BCUT2D eigenvalue weighted by Crippen LogP contribution is -2.17. The zero-order chi connectivity index (χ0) is 13.0. The number of nitrogens with zero attached hydrogens (tertiary/aromatic N) is 3. The normalized spacial score (nSPS) is 11.6. The van der Waals surface area contributed by atoms with Crippen molar-refractivity contribution in [3.05, 3.63) is 54.1 Å². The van der Waals surface area contributed by atoms with E-state index < -0.39 is 0 Å². The number of aryl methyl sites for hydroxylation is 1. The summed E-state index contributed by atoms with van der Waals surface area (Å²) in [5, 5.41) is 0. The Kier molecular flexibility index (Phi) is 3.82. The van der Waals surface area contributed by atoms with E-state index in [9.17, 15) is 0 Å². The van der Waals surface area contributed by atoms with Gasteiger partial charge in [-0.25, -0.2) is 4.99 Å². The second kappa shape index (κ2) is 5.54. The van der Waals surface area contributed by atoms with Crippen LogP contribution in [0.5, 0.6) is 0 Å². The van der Waals surface area contributed by atoms with Crippen LogP contribution in [0.1, 0.15) is 6.92 Å². The summed E-state index contributed by atoms with van der Waals surface area (Å²) in [6, 6.07) is 14.3. The number of benzene rings is 1. The lowest BCUT2D eigenvalue weighted by molar-refractivity contribution is 0.713. The molecule has 0 atom stereocenters. The van der Waals surface area contributed by atoms with E-state index in [0.717, 1.165) is 17.7 Å². The van der Waals surface area contributed by atoms with Crippen molar-refractivity contribution in [1.82, 2.24) is 4.57 Å². The van der Waals surface area contributed by atoms with E-state index in [1.54, 1.807) is 0 Å². The average Bonchev–Trinajstić information content (AvgIpc) is 2.40. The summed E-state index contributed by atoms with van der Waals surface area (Å²) in [5.74, 6) is 0. The minimum Gasteiger partial charge on any atom is -0.378 e. The van der Waals surface area contributed by atoms with Crippen molar-refractivity contribution in [2.45, 2.75) is 13.5 Å². The van der Waals surface area contributed by atoms with Crippen molar-refractivity contribution in [2.24, 2.45) is 4.99 Å². The summed E-state index contributed by atoms with van der Waals surface area (Å²) < 4.78 is 2.12. The van der Waals surface area contributed by atoms with E-state index >= 15 is 0 Å². The van der Waals surface area contributed by atoms with Gasteiger partial charge in [0, 0.05) is 32.5 Å². The lowest BCUT2D eigenvalue weighted by Gasteiger charge is -2.11. The summed E-state index contributed by atoms with van der Waals surface area (Å²) in [5.41, 5.74) is 3.15. The molecule has 0 saturated carbocycles. The van der Waals surface area contributed by atoms with Gasteiger partial charge in [0.15, 0.2) is 0 Å². The molecule has 0 bridgehead atoms. The maximum absolute atomic E-state index is 4.66. The highest BCUT2D eigenvalue weighted by molar-refractivity contribution is 5.51. The van der Waals surface area contributed by atoms with Crippen molar-refractivity contribution in [3.8, 4) is 0 Å². The standard InChI is InChI=1S/C15H19N3/c1-4-18-12-6-5-7-15(18)16-13-8-10-14(11-9-13)17(2)3/h5-12H,4H2,1-3H3. The number of pyridine rings is 1. The molecule has 0 unspecified atom stereocenters. The second-order valence-electron chi connectivity index (χ2n) is 4.37. The summed E-state index contributed by atoms with van der Waals surface area (Å²) in [4.78, 5) is 6.74. The molecule has 0 spiro atoms. The summed E-state index contributed by atoms with van der Waals surface area (Å²) in [7, 11) is 4.07. The third-order valence-corrected chi connectivity index (χ3v) is 2.87. The van der Waals surface area contributed by atoms with E-state index in [1.807, 2.05) is 50.6 Å². The Balaban J connectivity index is 2.38. The smallest absolute Gasteiger partial charge is 0.133 e. The highest BCUT2D eigenvalue weighted by Crippen LogP contribution is 2.17. The van der Waals surface area contributed by atoms with Gasteiger partial charge in [0.05, 0.1) is 5.69 Å². The third kappa shape index (κ3) is 2.80. The van der Waals surface area contributed by atoms with Crippen LogP contribution in [-0.4, -0.2) is 18.7 Å². The highest BCUT2D eigenvalue weighted by atomic mass is 15.1. The van der Waals surface area contributed by atoms with Crippen LogP contribution in [0.3, 0.4) is 0 Å². The van der Waals surface area contributed by atoms with Crippen molar-refractivity contribution in [3.63, 3.8) is 0 Å². The molecule has 1 aromatic heterocycles. The van der Waals surface area contributed by atoms with Crippen LogP contribution in [0.4, 0.5) is 11.4 Å². The van der Waals surface area contributed by atoms with Gasteiger partial charge in [-0.1, -0.05) is 6.07 Å². The maximum atomic E-state index is 4.66. The molecule has 0 amide bonds. The Morgan fingerprint density at radius 3 is 2.39 bits per heavy atom. The number of rotatable bonds is 3. The van der Waals surface area contributed by atoms with Gasteiger partial charge >= 0.3 is 0 Å². The SMILES string of the molecule is CCn1ccccc1=Nc1ccc(N(C)C)cc1. The zero-order valence-electron chi connectivity index (χ0n) is 11.2. The fraction of sp³-hybridized carbons (Fsp3) is 0.267. The Bertz CT molecular complexity index is 565. The summed E-state index contributed by atoms with van der Waals surface area (Å²) in [6.07, 6.45) is 2.05. The molecular formula is C15H19N3. The van der Waals surface area contributed by atoms with E-state index in [-0.39, 0.29) is 0 Å². The first kappa shape index (κ1) is 12.4. The molecule has 18 heavy (non-hydrogen) atoms. The van der Waals surface area contributed by atoms with Crippen LogP contribution in [-0.2, 0) is 6.54 Å². The van der Waals surface area contributed by atoms with Gasteiger partial charge in [0.1, 0.15) is 5.49 Å². The van der Waals surface area contributed by atoms with E-state index in [2.05, 4.69) is 33.5 Å². The Hall–Kier alpha value is -2.03. The minimum absolute atomic E-state index is 0.926. The van der Waals surface area contributed by atoms with Gasteiger partial charge in [-0.3, -0.25) is 0 Å². The van der Waals surface area contributed by atoms with Crippen LogP contribution in [0.2, 0.25) is 0 Å². The van der Waals surface area contributed by atoms with E-state index in [4.69, 9.17) is 0 Å². The number of aromatic nitrogens is 1. The van der Waals surface area contributed by atoms with Gasteiger partial charge in [0.25, 0.3) is 0 Å². The lowest BCUT2D eigenvalue weighted by atomic mass is 10.3. The molecule has 0 aliphatic heterocycles. The summed E-state index contributed by atoms with van der Waals surface area (Å²) in [6.45, 7) is 3.05. The fourth-order valence-corrected chi connectivity index (χ4v) is 1.79. The van der Waals surface area contributed by atoms with Crippen molar-refractivity contribution in [2.75, 3.05) is 19.0 Å². The van der Waals surface area contributed by atoms with Gasteiger partial charge in [-0.2, -0.15) is 0 Å². The molecule has 0 radical (unpaired) electrons. The molecule has 0 aliphatic rings. The topological polar surface area (TPSA) is 20.5 Å². The second-order valence-corrected chi connectivity index (χ2v) is 4.37. The first-order valence-corrected chi connectivity index (χ1v) is 6.18. The van der Waals surface area contributed by atoms with Crippen LogP contribution in [0.15, 0.2) is 53.7 Å². The Morgan fingerprint density at radius 2 is 1.78 bits per heavy atom. The van der Waals surface area contributed by atoms with E-state index in [1.165, 1.54) is 5.69 Å². The molecule has 1 aromatic carbocycles. The molecule has 0 saturated heterocycles. The van der Waals surface area contributed by atoms with Crippen molar-refractivity contribution in [1.29, 1.82) is 0 Å². The first-order valence-electron chi connectivity index (χ1n) is 6.18. The Morgan fingerprint density at radius 1 is 1.06 bits per heavy atom. The molecule has 2 rings (SSSR count). The molecule has 0 fully saturated rings. The van der Waals surface area contributed by atoms with Crippen LogP contribution in [0.25, 0.3) is 0 Å². The fourth-order valence-electron chi connectivity index (χ4n) is 1.79. The van der Waals surface area contributed by atoms with Crippen LogP contribution >= 0.6 is 0 Å². The molecule has 1 heterocycles. The third-order valence-electron chi connectivity index (χ3n) is 2.87. The largest absolute Gasteiger partial charge is 0.378 e. The van der Waals surface area contributed by atoms with Crippen LogP contribution < -0.4 is 10.4 Å². The van der Waals surface area contributed by atoms with Crippen molar-refractivity contribution >= 4 is 11.4 Å². The van der Waals surface area contributed by atoms with Gasteiger partial charge < -0.3 is 9.47 Å². The zero-order valence-corrected chi connectivity index (χ0v) is 11.2. The first-order chi connectivity index (χ1) is 8.70. The van der Waals surface area contributed by atoms with Crippen molar-refractivity contribution < 1.29 is 0 Å². The molecule has 94 valence electrons. The molecule has 0 N–H and O–H groups in total. The predicted octanol–water partition coefficient (Wildman–Crippen LogP) is 2.81. The molecular weight excluding hydrogens is 222 g/mol. The monoisotopic (exact) mass is 241 g/mol. The molecule has 3 nitrogen and oxygen atoms in total.